The van der Waals surface area contributed by atoms with Gasteiger partial charge in [0.25, 0.3) is 15.9 Å². The van der Waals surface area contributed by atoms with Crippen LogP contribution in [0, 0.1) is 19.7 Å². The molecule has 42 heavy (non-hydrogen) atoms. The Morgan fingerprint density at radius 2 is 1.67 bits per heavy atom. The van der Waals surface area contributed by atoms with Crippen molar-refractivity contribution >= 4 is 33.3 Å². The quantitative estimate of drug-likeness (QED) is 0.295. The van der Waals surface area contributed by atoms with Crippen molar-refractivity contribution in [1.29, 1.82) is 0 Å². The van der Waals surface area contributed by atoms with E-state index in [4.69, 9.17) is 9.90 Å². The summed E-state index contributed by atoms with van der Waals surface area (Å²) in [5.41, 5.74) is 3.60. The monoisotopic (exact) mass is 610 g/mol. The van der Waals surface area contributed by atoms with Gasteiger partial charge in [0.05, 0.1) is 16.3 Å². The Kier molecular flexibility index (Phi) is 10.5. The number of aliphatic carboxylic acids is 1. The summed E-state index contributed by atoms with van der Waals surface area (Å²) in [5, 5.41) is 13.2. The molecule has 0 aromatic heterocycles. The second-order valence-corrected chi connectivity index (χ2v) is 11.1. The van der Waals surface area contributed by atoms with Crippen molar-refractivity contribution in [2.45, 2.75) is 31.5 Å². The SMILES string of the molecule is Cc1ccc(S(=O)(=O)Nc2cc(C(=O)NCc3cccc(F)c3)ccc2N2CCNCC2)c(C)c1.O=C(O)C(F)(F)F. The number of nitrogens with one attached hydrogen (secondary N) is 3. The second kappa shape index (κ2) is 13.7. The average molecular weight is 611 g/mol. The van der Waals surface area contributed by atoms with Crippen LogP contribution in [0.5, 0.6) is 0 Å². The molecule has 3 aromatic rings. The molecule has 1 aliphatic rings. The average Bonchev–Trinajstić information content (AvgIpc) is 2.91. The van der Waals surface area contributed by atoms with Crippen LogP contribution < -0.4 is 20.3 Å². The number of carbonyl (C=O) groups excluding carboxylic acids is 1. The van der Waals surface area contributed by atoms with E-state index in [9.17, 15) is 30.8 Å². The molecule has 0 unspecified atom stereocenters. The number of carbonyl (C=O) groups is 2. The van der Waals surface area contributed by atoms with Gasteiger partial charge in [-0.15, -0.1) is 0 Å². The summed E-state index contributed by atoms with van der Waals surface area (Å²) in [6, 6.07) is 16.2. The number of hydrogen-bond donors (Lipinski definition) is 4. The van der Waals surface area contributed by atoms with Gasteiger partial charge in [0.1, 0.15) is 5.82 Å². The molecule has 0 spiro atoms. The number of carboxylic acids is 1. The number of sulfonamides is 1. The van der Waals surface area contributed by atoms with Gasteiger partial charge in [-0.25, -0.2) is 17.6 Å². The van der Waals surface area contributed by atoms with Gasteiger partial charge >= 0.3 is 12.1 Å². The molecule has 1 heterocycles. The van der Waals surface area contributed by atoms with Gasteiger partial charge in [-0.1, -0.05) is 29.8 Å². The van der Waals surface area contributed by atoms with Crippen LogP contribution in [0.2, 0.25) is 0 Å². The maximum atomic E-state index is 13.4. The molecular weight excluding hydrogens is 580 g/mol. The molecule has 9 nitrogen and oxygen atoms in total. The third-order valence-electron chi connectivity index (χ3n) is 6.17. The fourth-order valence-electron chi connectivity index (χ4n) is 4.17. The molecule has 1 fully saturated rings. The smallest absolute Gasteiger partial charge is 0.475 e. The molecule has 3 aromatic carbocycles. The normalized spacial score (nSPS) is 13.5. The molecular formula is C28H30F4N4O5S. The highest BCUT2D eigenvalue weighted by molar-refractivity contribution is 7.92. The number of aryl methyl sites for hydroxylation is 2. The Labute approximate surface area is 240 Å². The summed E-state index contributed by atoms with van der Waals surface area (Å²) >= 11 is 0. The van der Waals surface area contributed by atoms with Crippen LogP contribution in [0.25, 0.3) is 0 Å². The number of rotatable bonds is 7. The highest BCUT2D eigenvalue weighted by atomic mass is 32.2. The topological polar surface area (TPSA) is 128 Å². The molecule has 1 amide bonds. The lowest BCUT2D eigenvalue weighted by Gasteiger charge is -2.31. The van der Waals surface area contributed by atoms with Crippen molar-refractivity contribution in [3.63, 3.8) is 0 Å². The molecule has 0 radical (unpaired) electrons. The lowest BCUT2D eigenvalue weighted by molar-refractivity contribution is -0.192. The minimum Gasteiger partial charge on any atom is -0.475 e. The molecule has 0 atom stereocenters. The van der Waals surface area contributed by atoms with Crippen molar-refractivity contribution in [2.24, 2.45) is 0 Å². The van der Waals surface area contributed by atoms with E-state index in [1.165, 1.54) is 12.1 Å². The zero-order valence-electron chi connectivity index (χ0n) is 22.8. The summed E-state index contributed by atoms with van der Waals surface area (Å²) < 4.78 is 74.5. The van der Waals surface area contributed by atoms with Crippen LogP contribution in [-0.2, 0) is 21.4 Å². The van der Waals surface area contributed by atoms with Crippen LogP contribution in [0.15, 0.2) is 65.6 Å². The highest BCUT2D eigenvalue weighted by Crippen LogP contribution is 2.31. The Bertz CT molecular complexity index is 1540. The summed E-state index contributed by atoms with van der Waals surface area (Å²) in [6.45, 7) is 6.80. The first-order valence-electron chi connectivity index (χ1n) is 12.7. The molecule has 4 rings (SSSR count). The molecule has 0 bridgehead atoms. The number of hydrogen-bond acceptors (Lipinski definition) is 6. The third-order valence-corrected chi connectivity index (χ3v) is 7.69. The number of amides is 1. The Morgan fingerprint density at radius 1 is 1.00 bits per heavy atom. The van der Waals surface area contributed by atoms with Crippen LogP contribution in [0.3, 0.4) is 0 Å². The first kappa shape index (κ1) is 32.3. The number of nitrogens with zero attached hydrogens (tertiary/aromatic N) is 1. The molecule has 1 saturated heterocycles. The van der Waals surface area contributed by atoms with Gasteiger partial charge in [-0.3, -0.25) is 9.52 Å². The standard InChI is InChI=1S/C26H29FN4O3S.C2HF3O2/c1-18-6-9-25(19(2)14-18)35(33,34)30-23-16-21(7-8-24(23)31-12-10-28-11-13-31)26(32)29-17-20-4-3-5-22(27)15-20;3-2(4,5)1(6)7/h3-9,14-16,28,30H,10-13,17H2,1-2H3,(H,29,32);(H,6,7). The maximum absolute atomic E-state index is 13.4. The van der Waals surface area contributed by atoms with E-state index in [1.807, 2.05) is 13.0 Å². The van der Waals surface area contributed by atoms with E-state index in [1.54, 1.807) is 49.4 Å². The summed E-state index contributed by atoms with van der Waals surface area (Å²) in [4.78, 5) is 24.0. The number of carboxylic acid groups (broad SMARTS) is 1. The van der Waals surface area contributed by atoms with Crippen molar-refractivity contribution < 1.29 is 40.7 Å². The van der Waals surface area contributed by atoms with Gasteiger partial charge in [-0.2, -0.15) is 13.2 Å². The van der Waals surface area contributed by atoms with Gasteiger partial charge in [-0.05, 0) is 61.4 Å². The fourth-order valence-corrected chi connectivity index (χ4v) is 5.47. The van der Waals surface area contributed by atoms with E-state index in [0.29, 0.717) is 41.2 Å². The molecule has 226 valence electrons. The van der Waals surface area contributed by atoms with Crippen LogP contribution >= 0.6 is 0 Å². The zero-order valence-corrected chi connectivity index (χ0v) is 23.6. The highest BCUT2D eigenvalue weighted by Gasteiger charge is 2.38. The number of alkyl halides is 3. The van der Waals surface area contributed by atoms with Gasteiger partial charge < -0.3 is 20.6 Å². The number of anilines is 2. The lowest BCUT2D eigenvalue weighted by atomic mass is 10.1. The minimum absolute atomic E-state index is 0.153. The summed E-state index contributed by atoms with van der Waals surface area (Å²) in [5.74, 6) is -3.51. The first-order valence-corrected chi connectivity index (χ1v) is 14.2. The van der Waals surface area contributed by atoms with Crippen LogP contribution in [-0.4, -0.2) is 57.8 Å². The Morgan fingerprint density at radius 3 is 2.26 bits per heavy atom. The third kappa shape index (κ3) is 8.91. The summed E-state index contributed by atoms with van der Waals surface area (Å²) in [7, 11) is -3.89. The number of halogens is 4. The lowest BCUT2D eigenvalue weighted by Crippen LogP contribution is -2.43. The van der Waals surface area contributed by atoms with Gasteiger partial charge in [0.2, 0.25) is 0 Å². The summed E-state index contributed by atoms with van der Waals surface area (Å²) in [6.07, 6.45) is -5.08. The van der Waals surface area contributed by atoms with Crippen molar-refractivity contribution in [3.05, 3.63) is 88.7 Å². The first-order chi connectivity index (χ1) is 19.7. The van der Waals surface area contributed by atoms with Gasteiger partial charge in [0.15, 0.2) is 0 Å². The zero-order chi connectivity index (χ0) is 31.1. The van der Waals surface area contributed by atoms with Crippen LogP contribution in [0.4, 0.5) is 28.9 Å². The van der Waals surface area contributed by atoms with Gasteiger partial charge in [0, 0.05) is 38.3 Å². The largest absolute Gasteiger partial charge is 0.490 e. The van der Waals surface area contributed by atoms with Crippen molar-refractivity contribution in [1.82, 2.24) is 10.6 Å². The van der Waals surface area contributed by atoms with E-state index in [2.05, 4.69) is 20.3 Å². The Balaban J connectivity index is 0.000000616. The molecule has 0 aliphatic carbocycles. The number of benzene rings is 3. The van der Waals surface area contributed by atoms with Crippen molar-refractivity contribution in [2.75, 3.05) is 35.8 Å². The van der Waals surface area contributed by atoms with Crippen molar-refractivity contribution in [3.8, 4) is 0 Å². The van der Waals surface area contributed by atoms with Crippen LogP contribution in [0.1, 0.15) is 27.0 Å². The molecule has 4 N–H and O–H groups in total. The molecule has 0 saturated carbocycles. The van der Waals surface area contributed by atoms with E-state index >= 15 is 0 Å². The predicted molar refractivity (Wildman–Crippen MR) is 150 cm³/mol. The fraction of sp³-hybridized carbons (Fsp3) is 0.286. The molecule has 1 aliphatic heterocycles. The van der Waals surface area contributed by atoms with E-state index in [-0.39, 0.29) is 23.2 Å². The second-order valence-electron chi connectivity index (χ2n) is 9.46. The van der Waals surface area contributed by atoms with E-state index < -0.39 is 22.2 Å². The Hall–Kier alpha value is -4.17. The maximum Gasteiger partial charge on any atom is 0.490 e. The predicted octanol–water partition coefficient (Wildman–Crippen LogP) is 4.22. The number of piperazine rings is 1. The molecule has 14 heteroatoms. The minimum atomic E-state index is -5.08. The van der Waals surface area contributed by atoms with E-state index in [0.717, 1.165) is 18.7 Å².